The van der Waals surface area contributed by atoms with Crippen molar-refractivity contribution in [3.8, 4) is 0 Å². The van der Waals surface area contributed by atoms with Gasteiger partial charge in [-0.15, -0.1) is 0 Å². The third-order valence-corrected chi connectivity index (χ3v) is 7.17. The lowest BCUT2D eigenvalue weighted by atomic mass is 10.2. The third-order valence-electron chi connectivity index (χ3n) is 5.72. The maximum absolute atomic E-state index is 12.6. The number of amides is 1. The van der Waals surface area contributed by atoms with Gasteiger partial charge in [-0.05, 0) is 49.7 Å². The zero-order valence-corrected chi connectivity index (χ0v) is 17.8. The summed E-state index contributed by atoms with van der Waals surface area (Å²) < 4.78 is 28.0. The summed E-state index contributed by atoms with van der Waals surface area (Å²) in [5.74, 6) is 0.0762. The molecule has 0 unspecified atom stereocenters. The molecule has 0 bridgehead atoms. The van der Waals surface area contributed by atoms with Gasteiger partial charge in [0.1, 0.15) is 0 Å². The summed E-state index contributed by atoms with van der Waals surface area (Å²) in [6.45, 7) is 11.4. The molecule has 0 saturated carbocycles. The highest BCUT2D eigenvalue weighted by molar-refractivity contribution is 7.89. The van der Waals surface area contributed by atoms with Crippen molar-refractivity contribution in [3.63, 3.8) is 0 Å². The molecule has 2 heterocycles. The maximum atomic E-state index is 12.6. The monoisotopic (exact) mass is 408 g/mol. The lowest BCUT2D eigenvalue weighted by Crippen LogP contribution is -2.46. The molecule has 0 atom stereocenters. The highest BCUT2D eigenvalue weighted by Crippen LogP contribution is 2.30. The normalized spacial score (nSPS) is 18.4. The van der Waals surface area contributed by atoms with Crippen molar-refractivity contribution in [1.29, 1.82) is 0 Å². The number of anilines is 1. The minimum atomic E-state index is -3.52. The third kappa shape index (κ3) is 4.92. The van der Waals surface area contributed by atoms with Crippen LogP contribution in [0.25, 0.3) is 0 Å². The summed E-state index contributed by atoms with van der Waals surface area (Å²) in [6.07, 6.45) is 1.96. The van der Waals surface area contributed by atoms with Crippen LogP contribution in [0.4, 0.5) is 5.69 Å². The average Bonchev–Trinajstić information content (AvgIpc) is 3.14. The zero-order valence-electron chi connectivity index (χ0n) is 17.0. The van der Waals surface area contributed by atoms with Gasteiger partial charge in [-0.3, -0.25) is 4.79 Å². The largest absolute Gasteiger partial charge is 0.312 e. The smallest absolute Gasteiger partial charge is 0.240 e. The molecule has 0 radical (unpaired) electrons. The molecule has 28 heavy (non-hydrogen) atoms. The Bertz CT molecular complexity index is 789. The molecule has 8 heteroatoms. The van der Waals surface area contributed by atoms with E-state index in [0.29, 0.717) is 25.9 Å². The number of sulfonamides is 1. The Kier molecular flexibility index (Phi) is 7.09. The second-order valence-electron chi connectivity index (χ2n) is 7.47. The molecule has 1 aromatic carbocycles. The fraction of sp³-hybridized carbons (Fsp3) is 0.650. The van der Waals surface area contributed by atoms with Gasteiger partial charge in [0, 0.05) is 51.4 Å². The topological polar surface area (TPSA) is 73.0 Å². The molecular formula is C20H32N4O3S. The molecule has 1 fully saturated rings. The average molecular weight is 409 g/mol. The molecule has 1 N–H and O–H groups in total. The summed E-state index contributed by atoms with van der Waals surface area (Å²) in [5, 5.41) is 0. The second kappa shape index (κ2) is 9.35. The Morgan fingerprint density at radius 1 is 1.07 bits per heavy atom. The number of piperazine rings is 1. The maximum Gasteiger partial charge on any atom is 0.240 e. The number of hydrogen-bond acceptors (Lipinski definition) is 5. The first-order chi connectivity index (χ1) is 13.4. The first-order valence-electron chi connectivity index (χ1n) is 10.3. The molecular weight excluding hydrogens is 376 g/mol. The standard InChI is InChI=1S/C20H32N4O3S/c1-3-20(25)24-11-8-17-16-18(6-7-19(17)24)28(26,27)21-9-5-10-23-14-12-22(4-2)13-15-23/h6-7,16,21H,3-5,8-15H2,1-2H3. The van der Waals surface area contributed by atoms with Crippen LogP contribution in [0, 0.1) is 0 Å². The van der Waals surface area contributed by atoms with Gasteiger partial charge in [0.2, 0.25) is 15.9 Å². The van der Waals surface area contributed by atoms with Crippen molar-refractivity contribution in [2.45, 2.75) is 38.0 Å². The molecule has 3 rings (SSSR count). The summed E-state index contributed by atoms with van der Waals surface area (Å²) in [4.78, 5) is 18.9. The highest BCUT2D eigenvalue weighted by Gasteiger charge is 2.25. The Balaban J connectivity index is 1.51. The first kappa shape index (κ1) is 21.2. The predicted octanol–water partition coefficient (Wildman–Crippen LogP) is 1.29. The highest BCUT2D eigenvalue weighted by atomic mass is 32.2. The number of hydrogen-bond donors (Lipinski definition) is 1. The molecule has 7 nitrogen and oxygen atoms in total. The van der Waals surface area contributed by atoms with E-state index in [1.54, 1.807) is 23.1 Å². The minimum Gasteiger partial charge on any atom is -0.312 e. The molecule has 1 amide bonds. The van der Waals surface area contributed by atoms with Gasteiger partial charge in [-0.25, -0.2) is 13.1 Å². The lowest BCUT2D eigenvalue weighted by Gasteiger charge is -2.33. The SMILES string of the molecule is CCC(=O)N1CCc2cc(S(=O)(=O)NCCCN3CCN(CC)CC3)ccc21. The number of nitrogens with one attached hydrogen (secondary N) is 1. The fourth-order valence-corrected chi connectivity index (χ4v) is 5.04. The number of likely N-dealkylation sites (N-methyl/N-ethyl adjacent to an activating group) is 1. The van der Waals surface area contributed by atoms with E-state index in [1.807, 2.05) is 6.92 Å². The zero-order chi connectivity index (χ0) is 20.1. The van der Waals surface area contributed by atoms with Crippen molar-refractivity contribution in [1.82, 2.24) is 14.5 Å². The second-order valence-corrected chi connectivity index (χ2v) is 9.23. The summed E-state index contributed by atoms with van der Waals surface area (Å²) in [6, 6.07) is 5.08. The molecule has 156 valence electrons. The van der Waals surface area contributed by atoms with Crippen LogP contribution < -0.4 is 9.62 Å². The van der Waals surface area contributed by atoms with Crippen LogP contribution in [0.15, 0.2) is 23.1 Å². The number of benzene rings is 1. The summed E-state index contributed by atoms with van der Waals surface area (Å²) >= 11 is 0. The van der Waals surface area contributed by atoms with Crippen LogP contribution in [0.1, 0.15) is 32.3 Å². The van der Waals surface area contributed by atoms with E-state index < -0.39 is 10.0 Å². The van der Waals surface area contributed by atoms with Crippen LogP contribution in [0.2, 0.25) is 0 Å². The van der Waals surface area contributed by atoms with Gasteiger partial charge < -0.3 is 14.7 Å². The van der Waals surface area contributed by atoms with Crippen molar-refractivity contribution in [3.05, 3.63) is 23.8 Å². The van der Waals surface area contributed by atoms with E-state index in [2.05, 4.69) is 21.4 Å². The van der Waals surface area contributed by atoms with Gasteiger partial charge in [-0.2, -0.15) is 0 Å². The summed E-state index contributed by atoms with van der Waals surface area (Å²) in [7, 11) is -3.52. The lowest BCUT2D eigenvalue weighted by molar-refractivity contribution is -0.118. The van der Waals surface area contributed by atoms with Crippen molar-refractivity contribution in [2.24, 2.45) is 0 Å². The number of nitrogens with zero attached hydrogens (tertiary/aromatic N) is 3. The fourth-order valence-electron chi connectivity index (χ4n) is 3.92. The summed E-state index contributed by atoms with van der Waals surface area (Å²) in [5.41, 5.74) is 1.77. The predicted molar refractivity (Wildman–Crippen MR) is 111 cm³/mol. The number of rotatable bonds is 8. The van der Waals surface area contributed by atoms with Crippen molar-refractivity contribution in [2.75, 3.05) is 57.3 Å². The number of carbonyl (C=O) groups excluding carboxylic acids is 1. The number of fused-ring (bicyclic) bond motifs is 1. The van der Waals surface area contributed by atoms with Crippen LogP contribution in [0.3, 0.4) is 0 Å². The van der Waals surface area contributed by atoms with E-state index in [9.17, 15) is 13.2 Å². The van der Waals surface area contributed by atoms with Crippen molar-refractivity contribution < 1.29 is 13.2 Å². The molecule has 2 aliphatic rings. The molecule has 0 aliphatic carbocycles. The Hall–Kier alpha value is -1.48. The van der Waals surface area contributed by atoms with E-state index in [4.69, 9.17) is 0 Å². The Morgan fingerprint density at radius 3 is 2.46 bits per heavy atom. The van der Waals surface area contributed by atoms with Gasteiger partial charge in [0.05, 0.1) is 4.90 Å². The molecule has 1 saturated heterocycles. The Morgan fingerprint density at radius 2 is 1.79 bits per heavy atom. The van der Waals surface area contributed by atoms with Crippen LogP contribution in [0.5, 0.6) is 0 Å². The van der Waals surface area contributed by atoms with Crippen LogP contribution in [-0.2, 0) is 21.2 Å². The minimum absolute atomic E-state index is 0.0762. The van der Waals surface area contributed by atoms with Gasteiger partial charge in [0.15, 0.2) is 0 Å². The van der Waals surface area contributed by atoms with E-state index in [1.165, 1.54) is 0 Å². The quantitative estimate of drug-likeness (QED) is 0.657. The molecule has 0 spiro atoms. The van der Waals surface area contributed by atoms with Gasteiger partial charge in [-0.1, -0.05) is 13.8 Å². The van der Waals surface area contributed by atoms with Gasteiger partial charge >= 0.3 is 0 Å². The molecule has 2 aliphatic heterocycles. The van der Waals surface area contributed by atoms with E-state index >= 15 is 0 Å². The van der Waals surface area contributed by atoms with Crippen LogP contribution in [-0.4, -0.2) is 76.5 Å². The molecule has 0 aromatic heterocycles. The molecule has 1 aromatic rings. The van der Waals surface area contributed by atoms with Crippen LogP contribution >= 0.6 is 0 Å². The van der Waals surface area contributed by atoms with Gasteiger partial charge in [0.25, 0.3) is 0 Å². The van der Waals surface area contributed by atoms with Crippen molar-refractivity contribution >= 4 is 21.6 Å². The Labute approximate surface area is 168 Å². The van der Waals surface area contributed by atoms with E-state index in [0.717, 1.165) is 56.9 Å². The van der Waals surface area contributed by atoms with E-state index in [-0.39, 0.29) is 10.8 Å². The number of carbonyl (C=O) groups is 1. The first-order valence-corrected chi connectivity index (χ1v) is 11.8.